The molecule has 0 heterocycles. The van der Waals surface area contributed by atoms with Crippen LogP contribution in [0.15, 0.2) is 0 Å². The highest BCUT2D eigenvalue weighted by atomic mass is 16.3. The van der Waals surface area contributed by atoms with E-state index in [-0.39, 0.29) is 12.1 Å². The second-order valence-corrected chi connectivity index (χ2v) is 5.76. The summed E-state index contributed by atoms with van der Waals surface area (Å²) in [6.07, 6.45) is 7.16. The Morgan fingerprint density at radius 1 is 1.06 bits per heavy atom. The van der Waals surface area contributed by atoms with Gasteiger partial charge < -0.3 is 15.3 Å². The van der Waals surface area contributed by atoms with Crippen molar-refractivity contribution in [2.45, 2.75) is 64.8 Å². The van der Waals surface area contributed by atoms with E-state index in [2.05, 4.69) is 38.0 Å². The molecule has 0 saturated carbocycles. The van der Waals surface area contributed by atoms with Gasteiger partial charge in [0.1, 0.15) is 0 Å². The molecule has 2 N–H and O–H groups in total. The Labute approximate surface area is 114 Å². The van der Waals surface area contributed by atoms with Gasteiger partial charge in [0, 0.05) is 5.54 Å². The first kappa shape index (κ1) is 17.9. The molecular weight excluding hydrogens is 224 g/mol. The summed E-state index contributed by atoms with van der Waals surface area (Å²) in [5.41, 5.74) is -0.0853. The van der Waals surface area contributed by atoms with Crippen molar-refractivity contribution in [1.29, 1.82) is 0 Å². The Bertz CT molecular complexity index is 187. The first-order chi connectivity index (χ1) is 8.58. The molecule has 0 aliphatic carbocycles. The molecule has 0 radical (unpaired) electrons. The van der Waals surface area contributed by atoms with E-state index in [0.29, 0.717) is 0 Å². The van der Waals surface area contributed by atoms with Gasteiger partial charge in [0.15, 0.2) is 0 Å². The van der Waals surface area contributed by atoms with Crippen LogP contribution in [0.25, 0.3) is 0 Å². The van der Waals surface area contributed by atoms with Crippen LogP contribution in [0.3, 0.4) is 0 Å². The van der Waals surface area contributed by atoms with Gasteiger partial charge in [-0.15, -0.1) is 0 Å². The lowest BCUT2D eigenvalue weighted by Gasteiger charge is -2.29. The van der Waals surface area contributed by atoms with Crippen LogP contribution in [-0.2, 0) is 0 Å². The van der Waals surface area contributed by atoms with Crippen molar-refractivity contribution in [3.05, 3.63) is 0 Å². The third-order valence-corrected chi connectivity index (χ3v) is 3.56. The molecule has 18 heavy (non-hydrogen) atoms. The van der Waals surface area contributed by atoms with E-state index < -0.39 is 0 Å². The number of hydrogen-bond acceptors (Lipinski definition) is 3. The summed E-state index contributed by atoms with van der Waals surface area (Å²) in [6.45, 7) is 10.1. The second kappa shape index (κ2) is 10.8. The average Bonchev–Trinajstić information content (AvgIpc) is 2.39. The van der Waals surface area contributed by atoms with Crippen LogP contribution in [0.2, 0.25) is 0 Å². The van der Waals surface area contributed by atoms with E-state index in [0.717, 1.165) is 19.4 Å². The van der Waals surface area contributed by atoms with Crippen molar-refractivity contribution in [3.8, 4) is 0 Å². The Morgan fingerprint density at radius 2 is 1.72 bits per heavy atom. The molecule has 3 nitrogen and oxygen atoms in total. The van der Waals surface area contributed by atoms with Crippen molar-refractivity contribution >= 4 is 0 Å². The molecule has 0 aliphatic rings. The zero-order valence-corrected chi connectivity index (χ0v) is 13.0. The highest BCUT2D eigenvalue weighted by Gasteiger charge is 2.21. The third kappa shape index (κ3) is 8.90. The minimum Gasteiger partial charge on any atom is -0.394 e. The van der Waals surface area contributed by atoms with E-state index in [1.165, 1.54) is 38.8 Å². The zero-order valence-electron chi connectivity index (χ0n) is 13.0. The van der Waals surface area contributed by atoms with Crippen molar-refractivity contribution in [3.63, 3.8) is 0 Å². The van der Waals surface area contributed by atoms with Crippen LogP contribution >= 0.6 is 0 Å². The maximum atomic E-state index is 9.46. The van der Waals surface area contributed by atoms with Crippen LogP contribution < -0.4 is 5.32 Å². The average molecular weight is 258 g/mol. The first-order valence-electron chi connectivity index (χ1n) is 7.62. The number of nitrogens with zero attached hydrogens (tertiary/aromatic N) is 1. The molecule has 0 rings (SSSR count). The third-order valence-electron chi connectivity index (χ3n) is 3.56. The summed E-state index contributed by atoms with van der Waals surface area (Å²) in [5, 5.41) is 12.9. The predicted octanol–water partition coefficient (Wildman–Crippen LogP) is 2.64. The van der Waals surface area contributed by atoms with E-state index in [1.807, 2.05) is 0 Å². The number of aliphatic hydroxyl groups is 1. The Kier molecular flexibility index (Phi) is 10.7. The standard InChI is InChI=1S/C15H34N2O/c1-5-7-12-17(4)13-9-8-10-15(3,14-18)16-11-6-2/h16,18H,5-14H2,1-4H3. The number of unbranched alkanes of at least 4 members (excludes halogenated alkanes) is 2. The van der Waals surface area contributed by atoms with Crippen LogP contribution in [0.4, 0.5) is 0 Å². The summed E-state index contributed by atoms with van der Waals surface area (Å²) in [4.78, 5) is 2.42. The van der Waals surface area contributed by atoms with Gasteiger partial charge in [-0.1, -0.05) is 26.7 Å². The minimum atomic E-state index is -0.0853. The van der Waals surface area contributed by atoms with Crippen LogP contribution in [0.5, 0.6) is 0 Å². The molecule has 0 amide bonds. The minimum absolute atomic E-state index is 0.0853. The van der Waals surface area contributed by atoms with Crippen molar-refractivity contribution in [2.24, 2.45) is 0 Å². The molecular formula is C15H34N2O. The van der Waals surface area contributed by atoms with Crippen molar-refractivity contribution < 1.29 is 5.11 Å². The lowest BCUT2D eigenvalue weighted by atomic mass is 9.95. The fraction of sp³-hybridized carbons (Fsp3) is 1.00. The predicted molar refractivity (Wildman–Crippen MR) is 80.0 cm³/mol. The van der Waals surface area contributed by atoms with Gasteiger partial charge in [0.25, 0.3) is 0 Å². The zero-order chi connectivity index (χ0) is 13.9. The summed E-state index contributed by atoms with van der Waals surface area (Å²) in [6, 6.07) is 0. The smallest absolute Gasteiger partial charge is 0.0610 e. The number of hydrogen-bond donors (Lipinski definition) is 2. The van der Waals surface area contributed by atoms with Crippen molar-refractivity contribution in [1.82, 2.24) is 10.2 Å². The van der Waals surface area contributed by atoms with Gasteiger partial charge in [-0.05, 0) is 59.3 Å². The molecule has 110 valence electrons. The summed E-state index contributed by atoms with van der Waals surface area (Å²) >= 11 is 0. The van der Waals surface area contributed by atoms with Crippen LogP contribution in [-0.4, -0.2) is 48.8 Å². The topological polar surface area (TPSA) is 35.5 Å². The maximum absolute atomic E-state index is 9.46. The second-order valence-electron chi connectivity index (χ2n) is 5.76. The van der Waals surface area contributed by atoms with Gasteiger partial charge in [0.05, 0.1) is 6.61 Å². The van der Waals surface area contributed by atoms with Gasteiger partial charge in [0.2, 0.25) is 0 Å². The van der Waals surface area contributed by atoms with Gasteiger partial charge in [-0.3, -0.25) is 0 Å². The van der Waals surface area contributed by atoms with Gasteiger partial charge in [-0.2, -0.15) is 0 Å². The van der Waals surface area contributed by atoms with E-state index in [4.69, 9.17) is 0 Å². The van der Waals surface area contributed by atoms with Crippen LogP contribution in [0.1, 0.15) is 59.3 Å². The van der Waals surface area contributed by atoms with Crippen LogP contribution in [0, 0.1) is 0 Å². The molecule has 0 saturated heterocycles. The Morgan fingerprint density at radius 3 is 2.28 bits per heavy atom. The molecule has 0 aliphatic heterocycles. The van der Waals surface area contributed by atoms with Crippen molar-refractivity contribution in [2.75, 3.05) is 33.3 Å². The normalized spacial score (nSPS) is 15.0. The summed E-state index contributed by atoms with van der Waals surface area (Å²) in [5.74, 6) is 0. The number of nitrogens with one attached hydrogen (secondary N) is 1. The quantitative estimate of drug-likeness (QED) is 0.528. The Balaban J connectivity index is 3.66. The van der Waals surface area contributed by atoms with Gasteiger partial charge >= 0.3 is 0 Å². The monoisotopic (exact) mass is 258 g/mol. The number of aliphatic hydroxyl groups excluding tert-OH is 1. The SMILES string of the molecule is CCCCN(C)CCCCC(C)(CO)NCCC. The lowest BCUT2D eigenvalue weighted by molar-refractivity contribution is 0.161. The highest BCUT2D eigenvalue weighted by Crippen LogP contribution is 2.13. The van der Waals surface area contributed by atoms with E-state index in [9.17, 15) is 5.11 Å². The molecule has 1 unspecified atom stereocenters. The molecule has 0 spiro atoms. The fourth-order valence-corrected chi connectivity index (χ4v) is 2.09. The molecule has 0 fully saturated rings. The summed E-state index contributed by atoms with van der Waals surface area (Å²) in [7, 11) is 2.20. The molecule has 0 bridgehead atoms. The molecule has 0 aromatic rings. The largest absolute Gasteiger partial charge is 0.394 e. The Hall–Kier alpha value is -0.120. The van der Waals surface area contributed by atoms with E-state index in [1.54, 1.807) is 0 Å². The fourth-order valence-electron chi connectivity index (χ4n) is 2.09. The number of rotatable bonds is 12. The highest BCUT2D eigenvalue weighted by molar-refractivity contribution is 4.81. The summed E-state index contributed by atoms with van der Waals surface area (Å²) < 4.78 is 0. The molecule has 0 aromatic carbocycles. The van der Waals surface area contributed by atoms with Gasteiger partial charge in [-0.25, -0.2) is 0 Å². The maximum Gasteiger partial charge on any atom is 0.0610 e. The lowest BCUT2D eigenvalue weighted by Crippen LogP contribution is -2.46. The first-order valence-corrected chi connectivity index (χ1v) is 7.62. The molecule has 1 atom stereocenters. The van der Waals surface area contributed by atoms with E-state index >= 15 is 0 Å². The molecule has 3 heteroatoms. The molecule has 0 aromatic heterocycles.